The van der Waals surface area contributed by atoms with Gasteiger partial charge in [0.15, 0.2) is 17.3 Å². The first-order chi connectivity index (χ1) is 10.0. The number of carbonyl (C=O) groups is 1. The molecule has 1 unspecified atom stereocenters. The van der Waals surface area contributed by atoms with Gasteiger partial charge >= 0.3 is 0 Å². The van der Waals surface area contributed by atoms with Crippen LogP contribution in [-0.2, 0) is 0 Å². The number of rotatable bonds is 4. The molecule has 3 rings (SSSR count). The summed E-state index contributed by atoms with van der Waals surface area (Å²) < 4.78 is 31.2. The predicted molar refractivity (Wildman–Crippen MR) is 70.7 cm³/mol. The average Bonchev–Trinajstić information content (AvgIpc) is 3.19. The molecule has 2 aromatic rings. The number of aromatic nitrogens is 1. The highest BCUT2D eigenvalue weighted by molar-refractivity contribution is 5.92. The summed E-state index contributed by atoms with van der Waals surface area (Å²) in [6.07, 6.45) is 2.11. The van der Waals surface area contributed by atoms with E-state index in [9.17, 15) is 13.6 Å². The molecule has 1 saturated carbocycles. The van der Waals surface area contributed by atoms with Gasteiger partial charge in [-0.2, -0.15) is 0 Å². The minimum atomic E-state index is -0.939. The molecule has 1 heterocycles. The van der Waals surface area contributed by atoms with Gasteiger partial charge in [0, 0.05) is 12.0 Å². The number of nitrogens with one attached hydrogen (secondary N) is 1. The van der Waals surface area contributed by atoms with Crippen molar-refractivity contribution in [3.8, 4) is 0 Å². The Labute approximate surface area is 120 Å². The highest BCUT2D eigenvalue weighted by atomic mass is 19.2. The predicted octanol–water partition coefficient (Wildman–Crippen LogP) is 3.32. The minimum Gasteiger partial charge on any atom is -0.360 e. The molecule has 6 heteroatoms. The number of benzene rings is 1. The van der Waals surface area contributed by atoms with Gasteiger partial charge in [-0.1, -0.05) is 11.2 Å². The number of amides is 1. The van der Waals surface area contributed by atoms with Crippen LogP contribution in [0.15, 0.2) is 28.8 Å². The molecule has 1 aliphatic rings. The third-order valence-electron chi connectivity index (χ3n) is 3.53. The van der Waals surface area contributed by atoms with E-state index >= 15 is 0 Å². The Hall–Kier alpha value is -2.24. The van der Waals surface area contributed by atoms with E-state index in [1.165, 1.54) is 6.07 Å². The molecule has 0 aliphatic heterocycles. The van der Waals surface area contributed by atoms with Crippen LogP contribution in [0.2, 0.25) is 0 Å². The van der Waals surface area contributed by atoms with Crippen LogP contribution < -0.4 is 5.32 Å². The molecule has 1 N–H and O–H groups in total. The van der Waals surface area contributed by atoms with Gasteiger partial charge in [-0.25, -0.2) is 8.78 Å². The lowest BCUT2D eigenvalue weighted by Crippen LogP contribution is -2.27. The van der Waals surface area contributed by atoms with Crippen LogP contribution in [0.3, 0.4) is 0 Å². The maximum Gasteiger partial charge on any atom is 0.273 e. The van der Waals surface area contributed by atoms with E-state index in [-0.39, 0.29) is 5.69 Å². The summed E-state index contributed by atoms with van der Waals surface area (Å²) in [5.41, 5.74) is 0.680. The van der Waals surface area contributed by atoms with Crippen molar-refractivity contribution in [2.45, 2.75) is 31.7 Å². The van der Waals surface area contributed by atoms with Crippen molar-refractivity contribution in [3.05, 3.63) is 52.9 Å². The SMILES string of the molecule is CC(NC(=O)c1cc(C2CC2)on1)c1ccc(F)c(F)c1. The summed E-state index contributed by atoms with van der Waals surface area (Å²) >= 11 is 0. The Bertz CT molecular complexity index is 680. The summed E-state index contributed by atoms with van der Waals surface area (Å²) in [6.45, 7) is 1.69. The minimum absolute atomic E-state index is 0.200. The Morgan fingerprint density at radius 1 is 1.33 bits per heavy atom. The van der Waals surface area contributed by atoms with E-state index in [0.717, 1.165) is 30.7 Å². The second kappa shape index (κ2) is 5.27. The highest BCUT2D eigenvalue weighted by Crippen LogP contribution is 2.40. The van der Waals surface area contributed by atoms with Gasteiger partial charge in [0.2, 0.25) is 0 Å². The van der Waals surface area contributed by atoms with Crippen LogP contribution in [0.1, 0.15) is 53.5 Å². The molecule has 1 aromatic carbocycles. The van der Waals surface area contributed by atoms with E-state index < -0.39 is 23.6 Å². The summed E-state index contributed by atoms with van der Waals surface area (Å²) in [7, 11) is 0. The molecular formula is C15H14F2N2O2. The summed E-state index contributed by atoms with van der Waals surface area (Å²) in [5.74, 6) is -1.15. The van der Waals surface area contributed by atoms with Crippen LogP contribution >= 0.6 is 0 Å². The zero-order valence-electron chi connectivity index (χ0n) is 11.4. The molecule has 4 nitrogen and oxygen atoms in total. The van der Waals surface area contributed by atoms with Gasteiger partial charge in [0.05, 0.1) is 6.04 Å². The van der Waals surface area contributed by atoms with Gasteiger partial charge in [-0.3, -0.25) is 4.79 Å². The van der Waals surface area contributed by atoms with Crippen LogP contribution in [0.25, 0.3) is 0 Å². The van der Waals surface area contributed by atoms with Crippen LogP contribution in [0.5, 0.6) is 0 Å². The van der Waals surface area contributed by atoms with E-state index in [1.807, 2.05) is 0 Å². The van der Waals surface area contributed by atoms with Gasteiger partial charge in [-0.05, 0) is 37.5 Å². The second-order valence-electron chi connectivity index (χ2n) is 5.26. The van der Waals surface area contributed by atoms with Gasteiger partial charge in [-0.15, -0.1) is 0 Å². The first-order valence-electron chi connectivity index (χ1n) is 6.77. The molecule has 1 aromatic heterocycles. The molecule has 0 saturated heterocycles. The Morgan fingerprint density at radius 3 is 2.76 bits per heavy atom. The molecule has 0 radical (unpaired) electrons. The molecule has 21 heavy (non-hydrogen) atoms. The number of nitrogens with zero attached hydrogens (tertiary/aromatic N) is 1. The first-order valence-corrected chi connectivity index (χ1v) is 6.77. The smallest absolute Gasteiger partial charge is 0.273 e. The van der Waals surface area contributed by atoms with Crippen molar-refractivity contribution in [2.75, 3.05) is 0 Å². The van der Waals surface area contributed by atoms with Crippen molar-refractivity contribution in [3.63, 3.8) is 0 Å². The summed E-state index contributed by atoms with van der Waals surface area (Å²) in [5, 5.41) is 6.42. The standard InChI is InChI=1S/C15H14F2N2O2/c1-8(10-4-5-11(16)12(17)6-10)18-15(20)13-7-14(21-19-13)9-2-3-9/h4-9H,2-3H2,1H3,(H,18,20). The molecule has 1 amide bonds. The maximum absolute atomic E-state index is 13.2. The largest absolute Gasteiger partial charge is 0.360 e. The normalized spacial score (nSPS) is 15.8. The lowest BCUT2D eigenvalue weighted by molar-refractivity contribution is 0.0930. The monoisotopic (exact) mass is 292 g/mol. The Kier molecular flexibility index (Phi) is 3.45. The fourth-order valence-electron chi connectivity index (χ4n) is 2.09. The maximum atomic E-state index is 13.2. The second-order valence-corrected chi connectivity index (χ2v) is 5.26. The molecule has 0 bridgehead atoms. The topological polar surface area (TPSA) is 55.1 Å². The average molecular weight is 292 g/mol. The molecule has 1 atom stereocenters. The third kappa shape index (κ3) is 2.94. The number of hydrogen-bond acceptors (Lipinski definition) is 3. The van der Waals surface area contributed by atoms with Crippen molar-refractivity contribution in [2.24, 2.45) is 0 Å². The number of hydrogen-bond donors (Lipinski definition) is 1. The molecule has 1 aliphatic carbocycles. The lowest BCUT2D eigenvalue weighted by Gasteiger charge is -2.13. The first kappa shape index (κ1) is 13.7. The van der Waals surface area contributed by atoms with Crippen molar-refractivity contribution in [1.29, 1.82) is 0 Å². The zero-order valence-corrected chi connectivity index (χ0v) is 11.4. The summed E-state index contributed by atoms with van der Waals surface area (Å²) in [6, 6.07) is 4.70. The van der Waals surface area contributed by atoms with E-state index in [1.54, 1.807) is 13.0 Å². The lowest BCUT2D eigenvalue weighted by atomic mass is 10.1. The fourth-order valence-corrected chi connectivity index (χ4v) is 2.09. The molecule has 0 spiro atoms. The third-order valence-corrected chi connectivity index (χ3v) is 3.53. The fraction of sp³-hybridized carbons (Fsp3) is 0.333. The zero-order chi connectivity index (χ0) is 15.0. The van der Waals surface area contributed by atoms with Crippen LogP contribution in [-0.4, -0.2) is 11.1 Å². The van der Waals surface area contributed by atoms with E-state index in [4.69, 9.17) is 4.52 Å². The molecular weight excluding hydrogens is 278 g/mol. The van der Waals surface area contributed by atoms with Crippen LogP contribution in [0.4, 0.5) is 8.78 Å². The van der Waals surface area contributed by atoms with Gasteiger partial charge in [0.25, 0.3) is 5.91 Å². The van der Waals surface area contributed by atoms with Crippen molar-refractivity contribution in [1.82, 2.24) is 10.5 Å². The molecule has 110 valence electrons. The van der Waals surface area contributed by atoms with Crippen molar-refractivity contribution >= 4 is 5.91 Å². The quantitative estimate of drug-likeness (QED) is 0.940. The highest BCUT2D eigenvalue weighted by Gasteiger charge is 2.29. The summed E-state index contributed by atoms with van der Waals surface area (Å²) in [4.78, 5) is 12.0. The van der Waals surface area contributed by atoms with E-state index in [0.29, 0.717) is 11.5 Å². The number of carbonyl (C=O) groups excluding carboxylic acids is 1. The van der Waals surface area contributed by atoms with E-state index in [2.05, 4.69) is 10.5 Å². The Balaban J connectivity index is 1.69. The Morgan fingerprint density at radius 2 is 2.10 bits per heavy atom. The molecule has 1 fully saturated rings. The van der Waals surface area contributed by atoms with Crippen LogP contribution in [0, 0.1) is 11.6 Å². The van der Waals surface area contributed by atoms with Crippen molar-refractivity contribution < 1.29 is 18.1 Å². The number of halogens is 2. The van der Waals surface area contributed by atoms with Gasteiger partial charge < -0.3 is 9.84 Å². The van der Waals surface area contributed by atoms with Gasteiger partial charge in [0.1, 0.15) is 5.76 Å².